The monoisotopic (exact) mass is 331 g/mol. The number of aromatic amines is 1. The van der Waals surface area contributed by atoms with Crippen LogP contribution in [-0.4, -0.2) is 46.8 Å². The lowest BCUT2D eigenvalue weighted by molar-refractivity contribution is -0.170. The van der Waals surface area contributed by atoms with E-state index in [-0.39, 0.29) is 11.3 Å². The molecule has 1 aromatic heterocycles. The first-order chi connectivity index (χ1) is 11.7. The smallest absolute Gasteiger partial charge is 0.274 e. The predicted molar refractivity (Wildman–Crippen MR) is 92.0 cm³/mol. The molecule has 3 aliphatic carbocycles. The number of ether oxygens (including phenoxy) is 1. The highest BCUT2D eigenvalue weighted by molar-refractivity contribution is 5.92. The average Bonchev–Trinajstić information content (AvgIpc) is 3.35. The van der Waals surface area contributed by atoms with Crippen LogP contribution in [0.4, 0.5) is 0 Å². The van der Waals surface area contributed by atoms with Crippen molar-refractivity contribution in [3.63, 3.8) is 0 Å². The normalized spacial score (nSPS) is 28.6. The van der Waals surface area contributed by atoms with Gasteiger partial charge in [0.05, 0.1) is 6.10 Å². The molecule has 1 aromatic rings. The molecule has 3 fully saturated rings. The van der Waals surface area contributed by atoms with Crippen LogP contribution in [0.3, 0.4) is 0 Å². The van der Waals surface area contributed by atoms with E-state index in [1.165, 1.54) is 44.9 Å². The van der Waals surface area contributed by atoms with Crippen LogP contribution in [0, 0.1) is 5.41 Å². The molecule has 4 rings (SSSR count). The standard InChI is InChI=1S/C19H29N3O2/c1-3-24-17-12-16(19(17)9-5-4-6-10-19)22(2)18(23)15-11-14(20-21-15)13-7-8-13/h11,13,16-17H,3-10,12H2,1-2H3,(H,20,21)/t16-,17-/m0/s1. The molecular weight excluding hydrogens is 302 g/mol. The number of carbonyl (C=O) groups is 1. The van der Waals surface area contributed by atoms with E-state index in [0.717, 1.165) is 18.7 Å². The van der Waals surface area contributed by atoms with Gasteiger partial charge in [0, 0.05) is 36.7 Å². The molecule has 0 saturated heterocycles. The summed E-state index contributed by atoms with van der Waals surface area (Å²) >= 11 is 0. The highest BCUT2D eigenvalue weighted by atomic mass is 16.5. The second-order valence-corrected chi connectivity index (χ2v) is 7.89. The molecule has 0 aromatic carbocycles. The van der Waals surface area contributed by atoms with Gasteiger partial charge in [-0.3, -0.25) is 9.89 Å². The van der Waals surface area contributed by atoms with Gasteiger partial charge in [0.15, 0.2) is 0 Å². The number of hydrogen-bond donors (Lipinski definition) is 1. The number of carbonyl (C=O) groups excluding carboxylic acids is 1. The first-order valence-corrected chi connectivity index (χ1v) is 9.60. The summed E-state index contributed by atoms with van der Waals surface area (Å²) in [5.74, 6) is 0.656. The summed E-state index contributed by atoms with van der Waals surface area (Å²) in [6, 6.07) is 2.26. The molecule has 1 amide bonds. The molecule has 5 heteroatoms. The van der Waals surface area contributed by atoms with Crippen LogP contribution in [-0.2, 0) is 4.74 Å². The van der Waals surface area contributed by atoms with Gasteiger partial charge < -0.3 is 9.64 Å². The number of H-pyrrole nitrogens is 1. The minimum absolute atomic E-state index is 0.0584. The van der Waals surface area contributed by atoms with Gasteiger partial charge in [-0.1, -0.05) is 19.3 Å². The molecule has 0 aliphatic heterocycles. The molecule has 0 radical (unpaired) electrons. The molecular formula is C19H29N3O2. The topological polar surface area (TPSA) is 58.2 Å². The zero-order valence-corrected chi connectivity index (χ0v) is 14.9. The molecule has 3 aliphatic rings. The summed E-state index contributed by atoms with van der Waals surface area (Å²) in [5.41, 5.74) is 1.87. The fraction of sp³-hybridized carbons (Fsp3) is 0.789. The second kappa shape index (κ2) is 6.17. The van der Waals surface area contributed by atoms with Crippen molar-refractivity contribution in [1.82, 2.24) is 15.1 Å². The molecule has 1 N–H and O–H groups in total. The number of aromatic nitrogens is 2. The Kier molecular flexibility index (Phi) is 4.15. The van der Waals surface area contributed by atoms with Gasteiger partial charge in [-0.25, -0.2) is 0 Å². The van der Waals surface area contributed by atoms with Gasteiger partial charge in [-0.15, -0.1) is 0 Å². The Morgan fingerprint density at radius 2 is 2.12 bits per heavy atom. The quantitative estimate of drug-likeness (QED) is 0.898. The largest absolute Gasteiger partial charge is 0.378 e. The van der Waals surface area contributed by atoms with Crippen LogP contribution < -0.4 is 0 Å². The van der Waals surface area contributed by atoms with Crippen LogP contribution in [0.15, 0.2) is 6.07 Å². The van der Waals surface area contributed by atoms with Crippen molar-refractivity contribution < 1.29 is 9.53 Å². The number of hydrogen-bond acceptors (Lipinski definition) is 3. The Labute approximate surface area is 144 Å². The second-order valence-electron chi connectivity index (χ2n) is 7.89. The summed E-state index contributed by atoms with van der Waals surface area (Å²) in [7, 11) is 1.96. The third-order valence-electron chi connectivity index (χ3n) is 6.52. The molecule has 0 unspecified atom stereocenters. The molecule has 1 heterocycles. The lowest BCUT2D eigenvalue weighted by Gasteiger charge is -2.60. The molecule has 132 valence electrons. The van der Waals surface area contributed by atoms with Crippen molar-refractivity contribution in [3.8, 4) is 0 Å². The molecule has 2 atom stereocenters. The molecule has 24 heavy (non-hydrogen) atoms. The molecule has 0 bridgehead atoms. The number of nitrogens with zero attached hydrogens (tertiary/aromatic N) is 2. The van der Waals surface area contributed by atoms with Gasteiger partial charge in [-0.2, -0.15) is 5.10 Å². The van der Waals surface area contributed by atoms with E-state index in [4.69, 9.17) is 4.74 Å². The molecule has 1 spiro atoms. The first kappa shape index (κ1) is 16.1. The molecule has 3 saturated carbocycles. The first-order valence-electron chi connectivity index (χ1n) is 9.60. The minimum atomic E-state index is 0.0584. The summed E-state index contributed by atoms with van der Waals surface area (Å²) in [6.07, 6.45) is 9.93. The Morgan fingerprint density at radius 1 is 1.38 bits per heavy atom. The van der Waals surface area contributed by atoms with E-state index in [9.17, 15) is 4.79 Å². The maximum absolute atomic E-state index is 12.9. The van der Waals surface area contributed by atoms with Crippen molar-refractivity contribution >= 4 is 5.91 Å². The van der Waals surface area contributed by atoms with Crippen molar-refractivity contribution in [2.45, 2.75) is 76.4 Å². The van der Waals surface area contributed by atoms with Gasteiger partial charge in [-0.05, 0) is 45.1 Å². The van der Waals surface area contributed by atoms with Crippen LogP contribution >= 0.6 is 0 Å². The zero-order chi connectivity index (χ0) is 16.7. The lowest BCUT2D eigenvalue weighted by Crippen LogP contribution is -2.65. The maximum Gasteiger partial charge on any atom is 0.274 e. The highest BCUT2D eigenvalue weighted by Gasteiger charge is 2.58. The summed E-state index contributed by atoms with van der Waals surface area (Å²) in [5, 5.41) is 7.34. The van der Waals surface area contributed by atoms with E-state index < -0.39 is 0 Å². The van der Waals surface area contributed by atoms with Gasteiger partial charge in [0.25, 0.3) is 5.91 Å². The van der Waals surface area contributed by atoms with Gasteiger partial charge in [0.1, 0.15) is 5.69 Å². The SMILES string of the molecule is CCO[C@H]1C[C@H](N(C)C(=O)c2cc(C3CC3)[nH]n2)C12CCCCC2. The van der Waals surface area contributed by atoms with Crippen molar-refractivity contribution in [1.29, 1.82) is 0 Å². The predicted octanol–water partition coefficient (Wildman–Crippen LogP) is 3.49. The van der Waals surface area contributed by atoms with Crippen LogP contribution in [0.25, 0.3) is 0 Å². The summed E-state index contributed by atoms with van der Waals surface area (Å²) in [4.78, 5) is 14.9. The third-order valence-corrected chi connectivity index (χ3v) is 6.52. The molecule has 5 nitrogen and oxygen atoms in total. The van der Waals surface area contributed by atoms with E-state index in [1.807, 2.05) is 18.0 Å². The Balaban J connectivity index is 1.49. The zero-order valence-electron chi connectivity index (χ0n) is 14.9. The number of amides is 1. The van der Waals surface area contributed by atoms with E-state index in [0.29, 0.717) is 23.8 Å². The maximum atomic E-state index is 12.9. The van der Waals surface area contributed by atoms with E-state index in [2.05, 4.69) is 17.1 Å². The summed E-state index contributed by atoms with van der Waals surface area (Å²) < 4.78 is 6.02. The minimum Gasteiger partial charge on any atom is -0.378 e. The van der Waals surface area contributed by atoms with Crippen molar-refractivity contribution in [2.24, 2.45) is 5.41 Å². The van der Waals surface area contributed by atoms with Crippen LogP contribution in [0.2, 0.25) is 0 Å². The van der Waals surface area contributed by atoms with Crippen molar-refractivity contribution in [2.75, 3.05) is 13.7 Å². The van der Waals surface area contributed by atoms with Crippen LogP contribution in [0.1, 0.15) is 80.4 Å². The fourth-order valence-corrected chi connectivity index (χ4v) is 4.94. The van der Waals surface area contributed by atoms with Crippen molar-refractivity contribution in [3.05, 3.63) is 17.5 Å². The third kappa shape index (κ3) is 2.57. The van der Waals surface area contributed by atoms with E-state index >= 15 is 0 Å². The van der Waals surface area contributed by atoms with E-state index in [1.54, 1.807) is 0 Å². The van der Waals surface area contributed by atoms with Gasteiger partial charge in [0.2, 0.25) is 0 Å². The summed E-state index contributed by atoms with van der Waals surface area (Å²) in [6.45, 7) is 2.84. The Hall–Kier alpha value is -1.36. The number of nitrogens with one attached hydrogen (secondary N) is 1. The number of rotatable bonds is 5. The lowest BCUT2D eigenvalue weighted by atomic mass is 9.54. The Bertz CT molecular complexity index is 602. The average molecular weight is 331 g/mol. The van der Waals surface area contributed by atoms with Gasteiger partial charge >= 0.3 is 0 Å². The Morgan fingerprint density at radius 3 is 2.79 bits per heavy atom. The fourth-order valence-electron chi connectivity index (χ4n) is 4.94. The van der Waals surface area contributed by atoms with Crippen LogP contribution in [0.5, 0.6) is 0 Å². The highest BCUT2D eigenvalue weighted by Crippen LogP contribution is 2.55.